The Labute approximate surface area is 168 Å². The number of aliphatic imine (C=N–C) groups is 1. The van der Waals surface area contributed by atoms with Gasteiger partial charge in [0.2, 0.25) is 0 Å². The Hall–Kier alpha value is -3.63. The van der Waals surface area contributed by atoms with Crippen LogP contribution in [-0.4, -0.2) is 34.7 Å². The first kappa shape index (κ1) is 19.7. The second kappa shape index (κ2) is 7.65. The van der Waals surface area contributed by atoms with Gasteiger partial charge in [-0.15, -0.1) is 0 Å². The number of halogens is 4. The molecule has 3 heterocycles. The molecule has 11 heteroatoms. The van der Waals surface area contributed by atoms with Gasteiger partial charge in [-0.25, -0.2) is 9.37 Å². The molecule has 0 saturated heterocycles. The van der Waals surface area contributed by atoms with Crippen LogP contribution >= 0.6 is 0 Å². The molecule has 7 nitrogen and oxygen atoms in total. The highest BCUT2D eigenvalue weighted by atomic mass is 19.4. The fourth-order valence-corrected chi connectivity index (χ4v) is 3.14. The molecule has 2 aromatic heterocycles. The summed E-state index contributed by atoms with van der Waals surface area (Å²) < 4.78 is 55.6. The number of hydrogen-bond donors (Lipinski definition) is 2. The maximum absolute atomic E-state index is 14.5. The van der Waals surface area contributed by atoms with Crippen LogP contribution in [0.4, 0.5) is 23.2 Å². The van der Waals surface area contributed by atoms with E-state index in [9.17, 15) is 22.4 Å². The number of alkyl halides is 3. The monoisotopic (exact) mass is 420 g/mol. The first-order valence-corrected chi connectivity index (χ1v) is 8.97. The standard InChI is InChI=1S/C19H16F4N6O/c20-13-9-12(4-5-14(13)29-8-6-24-11-26-29)10-25-18(30)16-17(19(21,22)23)27-15-3-1-2-7-28(15)16/h1-5,7,9,11H,6,8,10H2,(H,24,26)(H,25,30). The summed E-state index contributed by atoms with van der Waals surface area (Å²) in [4.78, 5) is 20.1. The van der Waals surface area contributed by atoms with Crippen molar-refractivity contribution < 1.29 is 22.4 Å². The zero-order chi connectivity index (χ0) is 21.3. The first-order chi connectivity index (χ1) is 14.3. The van der Waals surface area contributed by atoms with Crippen LogP contribution < -0.4 is 15.8 Å². The van der Waals surface area contributed by atoms with E-state index in [-0.39, 0.29) is 12.2 Å². The molecule has 1 aliphatic heterocycles. The van der Waals surface area contributed by atoms with Gasteiger partial charge >= 0.3 is 6.18 Å². The Kier molecular flexibility index (Phi) is 5.02. The molecule has 0 aliphatic carbocycles. The lowest BCUT2D eigenvalue weighted by atomic mass is 10.2. The Morgan fingerprint density at radius 3 is 2.77 bits per heavy atom. The second-order valence-corrected chi connectivity index (χ2v) is 6.52. The highest BCUT2D eigenvalue weighted by Crippen LogP contribution is 2.32. The number of hydrogen-bond acceptors (Lipinski definition) is 5. The Balaban J connectivity index is 1.54. The van der Waals surface area contributed by atoms with Crippen LogP contribution in [0.25, 0.3) is 5.65 Å². The predicted molar refractivity (Wildman–Crippen MR) is 102 cm³/mol. The molecule has 1 aliphatic rings. The van der Waals surface area contributed by atoms with Crippen molar-refractivity contribution in [1.82, 2.24) is 20.1 Å². The smallest absolute Gasteiger partial charge is 0.347 e. The number of carbonyl (C=O) groups excluding carboxylic acids is 1. The summed E-state index contributed by atoms with van der Waals surface area (Å²) in [7, 11) is 0. The fourth-order valence-electron chi connectivity index (χ4n) is 3.14. The molecule has 0 atom stereocenters. The van der Waals surface area contributed by atoms with E-state index in [0.29, 0.717) is 24.3 Å². The highest BCUT2D eigenvalue weighted by Gasteiger charge is 2.40. The minimum absolute atomic E-state index is 0.00273. The van der Waals surface area contributed by atoms with Crippen LogP contribution in [0.1, 0.15) is 21.7 Å². The SMILES string of the molecule is O=C(NCc1ccc(N2CCN=CN2)c(F)c1)c1c(C(F)(F)F)nc2ccccn12. The van der Waals surface area contributed by atoms with E-state index >= 15 is 0 Å². The molecular formula is C19H16F4N6O. The highest BCUT2D eigenvalue weighted by molar-refractivity contribution is 5.95. The molecule has 0 spiro atoms. The summed E-state index contributed by atoms with van der Waals surface area (Å²) in [5.41, 5.74) is 1.63. The quantitative estimate of drug-likeness (QED) is 0.637. The third kappa shape index (κ3) is 3.78. The van der Waals surface area contributed by atoms with Crippen LogP contribution in [0.2, 0.25) is 0 Å². The Morgan fingerprint density at radius 2 is 2.07 bits per heavy atom. The Bertz CT molecular complexity index is 1120. The maximum Gasteiger partial charge on any atom is 0.435 e. The van der Waals surface area contributed by atoms with Gasteiger partial charge in [0.25, 0.3) is 5.91 Å². The molecule has 0 saturated carbocycles. The number of nitrogens with one attached hydrogen (secondary N) is 2. The van der Waals surface area contributed by atoms with E-state index in [4.69, 9.17) is 0 Å². The van der Waals surface area contributed by atoms with Gasteiger partial charge in [-0.2, -0.15) is 13.2 Å². The van der Waals surface area contributed by atoms with Crippen molar-refractivity contribution in [2.75, 3.05) is 18.1 Å². The molecule has 156 valence electrons. The van der Waals surface area contributed by atoms with Crippen molar-refractivity contribution >= 4 is 23.6 Å². The molecule has 3 aromatic rings. The number of anilines is 1. The normalized spacial score (nSPS) is 14.1. The molecule has 1 amide bonds. The lowest BCUT2D eigenvalue weighted by molar-refractivity contribution is -0.141. The number of amides is 1. The van der Waals surface area contributed by atoms with Crippen molar-refractivity contribution in [3.63, 3.8) is 0 Å². The average Bonchev–Trinajstić information content (AvgIpc) is 3.13. The largest absolute Gasteiger partial charge is 0.435 e. The van der Waals surface area contributed by atoms with Gasteiger partial charge in [0, 0.05) is 12.7 Å². The van der Waals surface area contributed by atoms with Crippen molar-refractivity contribution in [2.45, 2.75) is 12.7 Å². The molecule has 2 N–H and O–H groups in total. The summed E-state index contributed by atoms with van der Waals surface area (Å²) in [6, 6.07) is 8.74. The summed E-state index contributed by atoms with van der Waals surface area (Å²) >= 11 is 0. The third-order valence-electron chi connectivity index (χ3n) is 4.53. The van der Waals surface area contributed by atoms with Gasteiger partial charge in [-0.3, -0.25) is 24.6 Å². The number of imidazole rings is 1. The van der Waals surface area contributed by atoms with Crippen LogP contribution in [0.15, 0.2) is 47.6 Å². The summed E-state index contributed by atoms with van der Waals surface area (Å²) in [5.74, 6) is -1.49. The summed E-state index contributed by atoms with van der Waals surface area (Å²) in [6.45, 7) is 0.853. The number of hydrazine groups is 1. The van der Waals surface area contributed by atoms with Crippen molar-refractivity contribution in [3.05, 3.63) is 65.4 Å². The molecule has 0 unspecified atom stereocenters. The number of benzene rings is 1. The molecular weight excluding hydrogens is 404 g/mol. The van der Waals surface area contributed by atoms with Gasteiger partial charge in [-0.1, -0.05) is 12.1 Å². The molecule has 0 fully saturated rings. The van der Waals surface area contributed by atoms with E-state index < -0.39 is 29.3 Å². The molecule has 4 rings (SSSR count). The van der Waals surface area contributed by atoms with Crippen molar-refractivity contribution in [1.29, 1.82) is 0 Å². The third-order valence-corrected chi connectivity index (χ3v) is 4.53. The lowest BCUT2D eigenvalue weighted by Crippen LogP contribution is -2.42. The topological polar surface area (TPSA) is 74.0 Å². The van der Waals surface area contributed by atoms with Crippen molar-refractivity contribution in [3.8, 4) is 0 Å². The molecule has 30 heavy (non-hydrogen) atoms. The van der Waals surface area contributed by atoms with Gasteiger partial charge in [0.15, 0.2) is 5.69 Å². The average molecular weight is 420 g/mol. The number of pyridine rings is 1. The predicted octanol–water partition coefficient (Wildman–Crippen LogP) is 2.78. The van der Waals surface area contributed by atoms with E-state index in [1.807, 2.05) is 0 Å². The van der Waals surface area contributed by atoms with Gasteiger partial charge in [0.05, 0.1) is 18.8 Å². The molecule has 1 aromatic carbocycles. The second-order valence-electron chi connectivity index (χ2n) is 6.52. The maximum atomic E-state index is 14.5. The Morgan fingerprint density at radius 1 is 1.23 bits per heavy atom. The molecule has 0 bridgehead atoms. The van der Waals surface area contributed by atoms with E-state index in [2.05, 4.69) is 20.7 Å². The molecule has 0 radical (unpaired) electrons. The fraction of sp³-hybridized carbons (Fsp3) is 0.211. The minimum Gasteiger partial charge on any atom is -0.347 e. The van der Waals surface area contributed by atoms with E-state index in [1.54, 1.807) is 11.1 Å². The number of rotatable bonds is 4. The van der Waals surface area contributed by atoms with Gasteiger partial charge in [-0.05, 0) is 29.8 Å². The van der Waals surface area contributed by atoms with Crippen LogP contribution in [0.5, 0.6) is 0 Å². The number of carbonyl (C=O) groups is 1. The van der Waals surface area contributed by atoms with E-state index in [1.165, 1.54) is 42.9 Å². The summed E-state index contributed by atoms with van der Waals surface area (Å²) in [6.07, 6.45) is -2.00. The van der Waals surface area contributed by atoms with Gasteiger partial charge in [0.1, 0.15) is 23.5 Å². The van der Waals surface area contributed by atoms with E-state index in [0.717, 1.165) is 4.40 Å². The summed E-state index contributed by atoms with van der Waals surface area (Å²) in [5, 5.41) is 4.00. The number of aromatic nitrogens is 2. The van der Waals surface area contributed by atoms with Crippen LogP contribution in [0, 0.1) is 5.82 Å². The lowest BCUT2D eigenvalue weighted by Gasteiger charge is -2.26. The van der Waals surface area contributed by atoms with Crippen LogP contribution in [-0.2, 0) is 12.7 Å². The van der Waals surface area contributed by atoms with Crippen LogP contribution in [0.3, 0.4) is 0 Å². The first-order valence-electron chi connectivity index (χ1n) is 8.97. The van der Waals surface area contributed by atoms with Gasteiger partial charge < -0.3 is 5.32 Å². The van der Waals surface area contributed by atoms with Crippen molar-refractivity contribution in [2.24, 2.45) is 4.99 Å². The number of fused-ring (bicyclic) bond motifs is 1. The zero-order valence-electron chi connectivity index (χ0n) is 15.4. The zero-order valence-corrected chi connectivity index (χ0v) is 15.4. The minimum atomic E-state index is -4.79. The number of nitrogens with zero attached hydrogens (tertiary/aromatic N) is 4.